The summed E-state index contributed by atoms with van der Waals surface area (Å²) < 4.78 is 7.31. The molecule has 1 aliphatic rings. The van der Waals surface area contributed by atoms with Crippen molar-refractivity contribution in [2.75, 3.05) is 6.61 Å². The molecule has 1 aliphatic heterocycles. The first-order chi connectivity index (χ1) is 7.75. The molecule has 0 aromatic carbocycles. The van der Waals surface area contributed by atoms with Crippen LogP contribution in [0.4, 0.5) is 0 Å². The topological polar surface area (TPSA) is 64.3 Å². The van der Waals surface area contributed by atoms with Gasteiger partial charge in [0.1, 0.15) is 6.23 Å². The lowest BCUT2D eigenvalue weighted by molar-refractivity contribution is -0.131. The van der Waals surface area contributed by atoms with Crippen LogP contribution < -0.4 is 0 Å². The number of nitrogens with zero attached hydrogens (tertiary/aromatic N) is 2. The molecular formula is C11H14N2O3. The van der Waals surface area contributed by atoms with Gasteiger partial charge in [-0.1, -0.05) is 0 Å². The molecule has 1 saturated heterocycles. The van der Waals surface area contributed by atoms with Crippen LogP contribution in [0.25, 0.3) is 6.08 Å². The first-order valence-electron chi connectivity index (χ1n) is 5.32. The lowest BCUT2D eigenvalue weighted by Gasteiger charge is -2.22. The van der Waals surface area contributed by atoms with Gasteiger partial charge in [0.2, 0.25) is 0 Å². The van der Waals surface area contributed by atoms with E-state index in [1.807, 2.05) is 0 Å². The fourth-order valence-corrected chi connectivity index (χ4v) is 1.70. The van der Waals surface area contributed by atoms with E-state index in [0.29, 0.717) is 0 Å². The second-order valence-corrected chi connectivity index (χ2v) is 3.75. The van der Waals surface area contributed by atoms with Crippen LogP contribution in [-0.4, -0.2) is 27.5 Å². The summed E-state index contributed by atoms with van der Waals surface area (Å²) in [5, 5.41) is 12.7. The van der Waals surface area contributed by atoms with Gasteiger partial charge in [-0.3, -0.25) is 0 Å². The highest BCUT2D eigenvalue weighted by Crippen LogP contribution is 2.21. The largest absolute Gasteiger partial charge is 0.478 e. The van der Waals surface area contributed by atoms with Crippen molar-refractivity contribution in [2.45, 2.75) is 25.5 Å². The Kier molecular flexibility index (Phi) is 3.36. The van der Waals surface area contributed by atoms with E-state index in [4.69, 9.17) is 9.84 Å². The van der Waals surface area contributed by atoms with Crippen LogP contribution >= 0.6 is 0 Å². The molecule has 0 aliphatic carbocycles. The van der Waals surface area contributed by atoms with Gasteiger partial charge >= 0.3 is 5.97 Å². The summed E-state index contributed by atoms with van der Waals surface area (Å²) in [6.45, 7) is 0.769. The second kappa shape index (κ2) is 4.94. The molecule has 0 bridgehead atoms. The number of carboxylic acid groups (broad SMARTS) is 1. The minimum Gasteiger partial charge on any atom is -0.478 e. The number of rotatable bonds is 3. The Morgan fingerprint density at radius 1 is 1.62 bits per heavy atom. The maximum Gasteiger partial charge on any atom is 0.328 e. The predicted molar refractivity (Wildman–Crippen MR) is 57.7 cm³/mol. The van der Waals surface area contributed by atoms with Crippen LogP contribution in [-0.2, 0) is 9.53 Å². The van der Waals surface area contributed by atoms with E-state index in [1.54, 1.807) is 17.1 Å². The van der Waals surface area contributed by atoms with Gasteiger partial charge in [0.05, 0.1) is 6.20 Å². The van der Waals surface area contributed by atoms with Crippen LogP contribution in [0.5, 0.6) is 0 Å². The van der Waals surface area contributed by atoms with Gasteiger partial charge in [-0.25, -0.2) is 9.48 Å². The summed E-state index contributed by atoms with van der Waals surface area (Å²) in [4.78, 5) is 10.3. The van der Waals surface area contributed by atoms with Crippen molar-refractivity contribution < 1.29 is 14.6 Å². The third-order valence-corrected chi connectivity index (χ3v) is 2.49. The Balaban J connectivity index is 2.03. The van der Waals surface area contributed by atoms with Crippen molar-refractivity contribution in [3.05, 3.63) is 24.0 Å². The molecule has 2 heterocycles. The molecule has 0 radical (unpaired) electrons. The molecular weight excluding hydrogens is 208 g/mol. The van der Waals surface area contributed by atoms with Crippen molar-refractivity contribution in [1.29, 1.82) is 0 Å². The first-order valence-corrected chi connectivity index (χ1v) is 5.32. The second-order valence-electron chi connectivity index (χ2n) is 3.75. The molecule has 0 amide bonds. The molecule has 1 aromatic rings. The Bertz CT molecular complexity index is 392. The minimum absolute atomic E-state index is 0.000674. The summed E-state index contributed by atoms with van der Waals surface area (Å²) in [6, 6.07) is 0. The SMILES string of the molecule is O=C(O)C=Cc1cnn([C@@H]2CCCCO2)c1. The molecule has 1 N–H and O–H groups in total. The third kappa shape index (κ3) is 2.70. The average Bonchev–Trinajstić information content (AvgIpc) is 2.76. The normalized spacial score (nSPS) is 21.4. The summed E-state index contributed by atoms with van der Waals surface area (Å²) in [6.07, 6.45) is 9.27. The highest BCUT2D eigenvalue weighted by molar-refractivity contribution is 5.85. The van der Waals surface area contributed by atoms with Crippen molar-refractivity contribution >= 4 is 12.0 Å². The number of hydrogen-bond donors (Lipinski definition) is 1. The smallest absolute Gasteiger partial charge is 0.328 e. The molecule has 1 atom stereocenters. The van der Waals surface area contributed by atoms with E-state index in [0.717, 1.165) is 37.5 Å². The standard InChI is InChI=1S/C11H14N2O3/c14-11(15)5-4-9-7-12-13(8-9)10-3-1-2-6-16-10/h4-5,7-8,10H,1-3,6H2,(H,14,15)/t10-/m0/s1. The number of carboxylic acids is 1. The summed E-state index contributed by atoms with van der Waals surface area (Å²) in [5.41, 5.74) is 0.775. The Morgan fingerprint density at radius 3 is 3.19 bits per heavy atom. The molecule has 2 rings (SSSR count). The third-order valence-electron chi connectivity index (χ3n) is 2.49. The van der Waals surface area contributed by atoms with E-state index in [1.165, 1.54) is 6.08 Å². The van der Waals surface area contributed by atoms with E-state index in [2.05, 4.69) is 5.10 Å². The molecule has 0 spiro atoms. The van der Waals surface area contributed by atoms with Gasteiger partial charge in [-0.05, 0) is 25.3 Å². The van der Waals surface area contributed by atoms with Crippen LogP contribution in [0, 0.1) is 0 Å². The molecule has 5 heteroatoms. The maximum atomic E-state index is 10.3. The number of aliphatic carboxylic acids is 1. The lowest BCUT2D eigenvalue weighted by atomic mass is 10.2. The lowest BCUT2D eigenvalue weighted by Crippen LogP contribution is -2.18. The van der Waals surface area contributed by atoms with Gasteiger partial charge in [0, 0.05) is 24.4 Å². The van der Waals surface area contributed by atoms with Crippen molar-refractivity contribution in [2.24, 2.45) is 0 Å². The zero-order valence-corrected chi connectivity index (χ0v) is 8.87. The first kappa shape index (κ1) is 10.9. The van der Waals surface area contributed by atoms with Gasteiger partial charge in [0.15, 0.2) is 0 Å². The van der Waals surface area contributed by atoms with Gasteiger partial charge in [0.25, 0.3) is 0 Å². The van der Waals surface area contributed by atoms with Gasteiger partial charge in [-0.2, -0.15) is 5.10 Å². The van der Waals surface area contributed by atoms with Crippen molar-refractivity contribution in [3.8, 4) is 0 Å². The van der Waals surface area contributed by atoms with E-state index >= 15 is 0 Å². The summed E-state index contributed by atoms with van der Waals surface area (Å²) >= 11 is 0. The summed E-state index contributed by atoms with van der Waals surface area (Å²) in [5.74, 6) is -0.957. The van der Waals surface area contributed by atoms with E-state index in [9.17, 15) is 4.79 Å². The number of ether oxygens (including phenoxy) is 1. The molecule has 1 aromatic heterocycles. The maximum absolute atomic E-state index is 10.3. The number of aromatic nitrogens is 2. The van der Waals surface area contributed by atoms with Crippen molar-refractivity contribution in [3.63, 3.8) is 0 Å². The predicted octanol–water partition coefficient (Wildman–Crippen LogP) is 1.68. The fraction of sp³-hybridized carbons (Fsp3) is 0.455. The zero-order valence-electron chi connectivity index (χ0n) is 8.87. The molecule has 86 valence electrons. The van der Waals surface area contributed by atoms with Gasteiger partial charge in [-0.15, -0.1) is 0 Å². The van der Waals surface area contributed by atoms with Crippen LogP contribution in [0.15, 0.2) is 18.5 Å². The Morgan fingerprint density at radius 2 is 2.50 bits per heavy atom. The summed E-state index contributed by atoms with van der Waals surface area (Å²) in [7, 11) is 0. The van der Waals surface area contributed by atoms with E-state index in [-0.39, 0.29) is 6.23 Å². The minimum atomic E-state index is -0.957. The molecule has 0 saturated carbocycles. The Hall–Kier alpha value is -1.62. The van der Waals surface area contributed by atoms with E-state index < -0.39 is 5.97 Å². The fourth-order valence-electron chi connectivity index (χ4n) is 1.70. The highest BCUT2D eigenvalue weighted by Gasteiger charge is 2.15. The monoisotopic (exact) mass is 222 g/mol. The molecule has 1 fully saturated rings. The van der Waals surface area contributed by atoms with Crippen LogP contribution in [0.2, 0.25) is 0 Å². The highest BCUT2D eigenvalue weighted by atomic mass is 16.5. The number of hydrogen-bond acceptors (Lipinski definition) is 3. The average molecular weight is 222 g/mol. The molecule has 0 unspecified atom stereocenters. The van der Waals surface area contributed by atoms with Gasteiger partial charge < -0.3 is 9.84 Å². The number of carbonyl (C=O) groups is 1. The zero-order chi connectivity index (χ0) is 11.4. The Labute approximate surface area is 93.3 Å². The van der Waals surface area contributed by atoms with Crippen LogP contribution in [0.3, 0.4) is 0 Å². The van der Waals surface area contributed by atoms with Crippen LogP contribution in [0.1, 0.15) is 31.1 Å². The molecule has 5 nitrogen and oxygen atoms in total. The quantitative estimate of drug-likeness (QED) is 0.790. The molecule has 16 heavy (non-hydrogen) atoms. The van der Waals surface area contributed by atoms with Crippen molar-refractivity contribution in [1.82, 2.24) is 9.78 Å².